The number of hydrogen-bond acceptors (Lipinski definition) is 8. The third-order valence-corrected chi connectivity index (χ3v) is 6.64. The number of carbonyl (C=O) groups is 1. The summed E-state index contributed by atoms with van der Waals surface area (Å²) in [6.45, 7) is 4.04. The summed E-state index contributed by atoms with van der Waals surface area (Å²) in [7, 11) is 1.44. The SMILES string of the molecule is COc1cc(F)ccc1-c1c(C(N)=O)sc2cnc(Nc3cc(-c4cccnc4)nn3C(C)C)nc12. The molecule has 0 aliphatic heterocycles. The molecule has 0 radical (unpaired) electrons. The highest BCUT2D eigenvalue weighted by atomic mass is 32.1. The molecule has 1 amide bonds. The van der Waals surface area contributed by atoms with Gasteiger partial charge in [-0.05, 0) is 38.1 Å². The van der Waals surface area contributed by atoms with E-state index in [0.29, 0.717) is 33.1 Å². The molecule has 36 heavy (non-hydrogen) atoms. The minimum absolute atomic E-state index is 0.0586. The van der Waals surface area contributed by atoms with Crippen molar-refractivity contribution in [2.45, 2.75) is 19.9 Å². The van der Waals surface area contributed by atoms with Crippen molar-refractivity contribution in [1.29, 1.82) is 0 Å². The minimum Gasteiger partial charge on any atom is -0.496 e. The molecular formula is C25H22FN7O2S. The van der Waals surface area contributed by atoms with E-state index in [2.05, 4.69) is 15.3 Å². The van der Waals surface area contributed by atoms with Crippen LogP contribution in [0.1, 0.15) is 29.6 Å². The average Bonchev–Trinajstić information content (AvgIpc) is 3.46. The Labute approximate surface area is 209 Å². The second kappa shape index (κ2) is 9.34. The molecule has 0 atom stereocenters. The van der Waals surface area contributed by atoms with Crippen molar-refractivity contribution in [2.75, 3.05) is 12.4 Å². The molecule has 0 fully saturated rings. The van der Waals surface area contributed by atoms with E-state index in [1.165, 1.54) is 30.6 Å². The molecule has 0 saturated heterocycles. The van der Waals surface area contributed by atoms with Crippen LogP contribution in [0.4, 0.5) is 16.2 Å². The first-order valence-electron chi connectivity index (χ1n) is 11.1. The summed E-state index contributed by atoms with van der Waals surface area (Å²) >= 11 is 1.17. The smallest absolute Gasteiger partial charge is 0.259 e. The maximum absolute atomic E-state index is 13.9. The molecule has 5 aromatic rings. The van der Waals surface area contributed by atoms with Crippen molar-refractivity contribution >= 4 is 39.2 Å². The molecule has 0 aliphatic rings. The van der Waals surface area contributed by atoms with Gasteiger partial charge in [-0.3, -0.25) is 9.78 Å². The second-order valence-electron chi connectivity index (χ2n) is 8.24. The van der Waals surface area contributed by atoms with Gasteiger partial charge in [-0.2, -0.15) is 5.10 Å². The van der Waals surface area contributed by atoms with Crippen molar-refractivity contribution in [3.8, 4) is 28.1 Å². The molecule has 0 bridgehead atoms. The van der Waals surface area contributed by atoms with Crippen LogP contribution < -0.4 is 15.8 Å². The molecule has 0 saturated carbocycles. The van der Waals surface area contributed by atoms with Crippen LogP contribution >= 0.6 is 11.3 Å². The lowest BCUT2D eigenvalue weighted by atomic mass is 10.0. The number of aromatic nitrogens is 5. The Hall–Kier alpha value is -4.38. The number of benzene rings is 1. The molecule has 0 unspecified atom stereocenters. The lowest BCUT2D eigenvalue weighted by molar-refractivity contribution is 0.100. The van der Waals surface area contributed by atoms with Gasteiger partial charge in [0.25, 0.3) is 5.91 Å². The van der Waals surface area contributed by atoms with E-state index >= 15 is 0 Å². The summed E-state index contributed by atoms with van der Waals surface area (Å²) in [6.07, 6.45) is 5.08. The highest BCUT2D eigenvalue weighted by molar-refractivity contribution is 7.21. The average molecular weight is 504 g/mol. The first-order chi connectivity index (χ1) is 17.4. The Balaban J connectivity index is 1.62. The van der Waals surface area contributed by atoms with Gasteiger partial charge in [0.1, 0.15) is 22.3 Å². The monoisotopic (exact) mass is 503 g/mol. The molecule has 1 aromatic carbocycles. The number of methoxy groups -OCH3 is 1. The zero-order valence-electron chi connectivity index (χ0n) is 19.7. The Kier molecular flexibility index (Phi) is 6.06. The first-order valence-corrected chi connectivity index (χ1v) is 11.9. The normalized spacial score (nSPS) is 11.2. The van der Waals surface area contributed by atoms with Crippen LogP contribution in [-0.4, -0.2) is 37.7 Å². The van der Waals surface area contributed by atoms with Gasteiger partial charge >= 0.3 is 0 Å². The van der Waals surface area contributed by atoms with E-state index in [-0.39, 0.29) is 16.7 Å². The number of nitrogens with two attached hydrogens (primary N) is 1. The van der Waals surface area contributed by atoms with Crippen molar-refractivity contribution < 1.29 is 13.9 Å². The second-order valence-corrected chi connectivity index (χ2v) is 9.29. The molecule has 4 heterocycles. The van der Waals surface area contributed by atoms with E-state index in [1.807, 2.05) is 36.7 Å². The molecule has 5 rings (SSSR count). The van der Waals surface area contributed by atoms with Gasteiger partial charge in [0.15, 0.2) is 0 Å². The fourth-order valence-corrected chi connectivity index (χ4v) is 4.88. The van der Waals surface area contributed by atoms with Gasteiger partial charge < -0.3 is 15.8 Å². The number of nitrogens with zero attached hydrogens (tertiary/aromatic N) is 5. The number of fused-ring (bicyclic) bond motifs is 1. The Morgan fingerprint density at radius 1 is 1.22 bits per heavy atom. The van der Waals surface area contributed by atoms with E-state index in [4.69, 9.17) is 20.6 Å². The number of hydrogen-bond donors (Lipinski definition) is 2. The summed E-state index contributed by atoms with van der Waals surface area (Å²) in [6, 6.07) is 9.85. The van der Waals surface area contributed by atoms with Crippen LogP contribution in [0.5, 0.6) is 5.75 Å². The largest absolute Gasteiger partial charge is 0.496 e. The maximum Gasteiger partial charge on any atom is 0.259 e. The number of nitrogens with one attached hydrogen (secondary N) is 1. The summed E-state index contributed by atoms with van der Waals surface area (Å²) < 4.78 is 21.7. The Morgan fingerprint density at radius 3 is 2.75 bits per heavy atom. The number of rotatable bonds is 7. The molecule has 3 N–H and O–H groups in total. The zero-order chi connectivity index (χ0) is 25.4. The fraction of sp³-hybridized carbons (Fsp3) is 0.160. The van der Waals surface area contributed by atoms with Crippen LogP contribution in [0, 0.1) is 5.82 Å². The fourth-order valence-electron chi connectivity index (χ4n) is 3.90. The number of halogens is 1. The number of thiophene rings is 1. The summed E-state index contributed by atoms with van der Waals surface area (Å²) in [5.74, 6) is 0.184. The highest BCUT2D eigenvalue weighted by Crippen LogP contribution is 2.42. The van der Waals surface area contributed by atoms with Crippen molar-refractivity contribution in [3.63, 3.8) is 0 Å². The summed E-state index contributed by atoms with van der Waals surface area (Å²) in [5.41, 5.74) is 8.80. The Morgan fingerprint density at radius 2 is 2.06 bits per heavy atom. The van der Waals surface area contributed by atoms with Crippen LogP contribution in [0.3, 0.4) is 0 Å². The van der Waals surface area contributed by atoms with Crippen molar-refractivity contribution in [3.05, 3.63) is 65.7 Å². The number of ether oxygens (including phenoxy) is 1. The molecule has 9 nitrogen and oxygen atoms in total. The van der Waals surface area contributed by atoms with Crippen molar-refractivity contribution in [1.82, 2.24) is 24.7 Å². The lowest BCUT2D eigenvalue weighted by Crippen LogP contribution is -2.10. The van der Waals surface area contributed by atoms with Crippen LogP contribution in [0.25, 0.3) is 32.6 Å². The predicted molar refractivity (Wildman–Crippen MR) is 137 cm³/mol. The molecule has 0 aliphatic carbocycles. The van der Waals surface area contributed by atoms with Gasteiger partial charge in [-0.25, -0.2) is 19.0 Å². The maximum atomic E-state index is 13.9. The topological polar surface area (TPSA) is 121 Å². The van der Waals surface area contributed by atoms with Crippen LogP contribution in [-0.2, 0) is 0 Å². The molecular weight excluding hydrogens is 481 g/mol. The molecule has 0 spiro atoms. The predicted octanol–water partition coefficient (Wildman–Crippen LogP) is 5.19. The van der Waals surface area contributed by atoms with Gasteiger partial charge in [0.2, 0.25) is 5.95 Å². The lowest BCUT2D eigenvalue weighted by Gasteiger charge is -2.12. The van der Waals surface area contributed by atoms with Crippen molar-refractivity contribution in [2.24, 2.45) is 5.73 Å². The zero-order valence-corrected chi connectivity index (χ0v) is 20.5. The quantitative estimate of drug-likeness (QED) is 0.314. The molecule has 4 aromatic heterocycles. The van der Waals surface area contributed by atoms with Gasteiger partial charge in [0.05, 0.1) is 29.2 Å². The highest BCUT2D eigenvalue weighted by Gasteiger charge is 2.23. The number of primary amides is 1. The van der Waals surface area contributed by atoms with Gasteiger partial charge in [-0.1, -0.05) is 0 Å². The number of amides is 1. The van der Waals surface area contributed by atoms with Gasteiger partial charge in [0, 0.05) is 47.3 Å². The van der Waals surface area contributed by atoms with E-state index in [0.717, 1.165) is 11.3 Å². The number of carbonyl (C=O) groups excluding carboxylic acids is 1. The van der Waals surface area contributed by atoms with E-state index in [9.17, 15) is 9.18 Å². The minimum atomic E-state index is -0.618. The number of pyridine rings is 1. The van der Waals surface area contributed by atoms with Crippen LogP contribution in [0.15, 0.2) is 55.0 Å². The van der Waals surface area contributed by atoms with Crippen LogP contribution in [0.2, 0.25) is 0 Å². The Bertz CT molecular complexity index is 1580. The van der Waals surface area contributed by atoms with E-state index < -0.39 is 11.7 Å². The van der Waals surface area contributed by atoms with Gasteiger partial charge in [-0.15, -0.1) is 11.3 Å². The standard InChI is InChI=1S/C25H22FN7O2S/c1-13(2)33-20(10-17(32-33)14-5-4-8-28-11-14)30-25-29-12-19-22(31-25)21(23(36-19)24(27)34)16-7-6-15(26)9-18(16)35-3/h4-13H,1-3H3,(H2,27,34)(H,29,30,31). The third-order valence-electron chi connectivity index (χ3n) is 5.51. The third kappa shape index (κ3) is 4.24. The summed E-state index contributed by atoms with van der Waals surface area (Å²) in [4.78, 5) is 25.9. The van der Waals surface area contributed by atoms with E-state index in [1.54, 1.807) is 24.7 Å². The first kappa shape index (κ1) is 23.4. The number of anilines is 2. The summed E-state index contributed by atoms with van der Waals surface area (Å²) in [5, 5.41) is 7.96. The molecule has 182 valence electrons. The molecule has 11 heteroatoms.